The molecule has 4 rings (SSSR count). The molecule has 0 bridgehead atoms. The number of ether oxygens (including phenoxy) is 1. The van der Waals surface area contributed by atoms with E-state index in [1.54, 1.807) is 30.3 Å². The summed E-state index contributed by atoms with van der Waals surface area (Å²) in [7, 11) is 1.50. The number of carbonyl (C=O) groups excluding carboxylic acids is 2. The van der Waals surface area contributed by atoms with Crippen molar-refractivity contribution < 1.29 is 18.7 Å². The van der Waals surface area contributed by atoms with Crippen LogP contribution in [0.5, 0.6) is 5.75 Å². The van der Waals surface area contributed by atoms with Gasteiger partial charge in [-0.1, -0.05) is 12.1 Å². The summed E-state index contributed by atoms with van der Waals surface area (Å²) in [5, 5.41) is 6.13. The van der Waals surface area contributed by atoms with Gasteiger partial charge >= 0.3 is 0 Å². The molecule has 2 aromatic carbocycles. The van der Waals surface area contributed by atoms with Gasteiger partial charge in [0.1, 0.15) is 5.75 Å². The van der Waals surface area contributed by atoms with E-state index in [-0.39, 0.29) is 11.7 Å². The highest BCUT2D eigenvalue weighted by atomic mass is 32.1. The number of fused-ring (bicyclic) bond motifs is 1. The average Bonchev–Trinajstić information content (AvgIpc) is 3.35. The summed E-state index contributed by atoms with van der Waals surface area (Å²) in [5.41, 5.74) is 1.85. The lowest BCUT2D eigenvalue weighted by Crippen LogP contribution is -2.12. The highest BCUT2D eigenvalue weighted by molar-refractivity contribution is 7.21. The molecule has 0 fully saturated rings. The third-order valence-electron chi connectivity index (χ3n) is 4.10. The molecule has 0 spiro atoms. The molecule has 8 heteroatoms. The number of benzene rings is 2. The van der Waals surface area contributed by atoms with E-state index in [0.717, 1.165) is 10.2 Å². The van der Waals surface area contributed by atoms with Crippen LogP contribution in [0.25, 0.3) is 21.0 Å². The first-order valence-electron chi connectivity index (χ1n) is 8.76. The predicted molar refractivity (Wildman–Crippen MR) is 113 cm³/mol. The molecule has 2 amide bonds. The van der Waals surface area contributed by atoms with Crippen molar-refractivity contribution in [2.45, 2.75) is 6.92 Å². The van der Waals surface area contributed by atoms with Gasteiger partial charge in [-0.2, -0.15) is 0 Å². The molecular weight excluding hydrogens is 390 g/mol. The molecule has 4 aromatic rings. The van der Waals surface area contributed by atoms with Gasteiger partial charge in [-0.05, 0) is 42.5 Å². The topological polar surface area (TPSA) is 93.5 Å². The van der Waals surface area contributed by atoms with Gasteiger partial charge in [0.05, 0.1) is 23.0 Å². The molecule has 146 valence electrons. The van der Waals surface area contributed by atoms with Gasteiger partial charge in [-0.15, -0.1) is 11.3 Å². The maximum atomic E-state index is 12.7. The summed E-state index contributed by atoms with van der Waals surface area (Å²) in [4.78, 5) is 28.5. The van der Waals surface area contributed by atoms with Gasteiger partial charge in [0, 0.05) is 12.6 Å². The van der Waals surface area contributed by atoms with Crippen LogP contribution in [0.4, 0.5) is 11.4 Å². The zero-order chi connectivity index (χ0) is 20.4. The molecule has 0 aliphatic carbocycles. The Hall–Kier alpha value is -3.65. The molecule has 29 heavy (non-hydrogen) atoms. The Morgan fingerprint density at radius 2 is 1.90 bits per heavy atom. The lowest BCUT2D eigenvalue weighted by molar-refractivity contribution is -0.114. The van der Waals surface area contributed by atoms with E-state index in [0.29, 0.717) is 27.9 Å². The zero-order valence-electron chi connectivity index (χ0n) is 15.7. The number of hydrogen-bond acceptors (Lipinski definition) is 6. The average molecular weight is 407 g/mol. The number of methoxy groups -OCH3 is 1. The van der Waals surface area contributed by atoms with E-state index in [9.17, 15) is 9.59 Å². The first-order valence-corrected chi connectivity index (χ1v) is 9.58. The number of rotatable bonds is 5. The zero-order valence-corrected chi connectivity index (χ0v) is 16.5. The first-order chi connectivity index (χ1) is 14.0. The second-order valence-corrected chi connectivity index (χ2v) is 7.23. The minimum Gasteiger partial charge on any atom is -0.495 e. The molecular formula is C21H17N3O4S. The highest BCUT2D eigenvalue weighted by Gasteiger charge is 2.17. The number of hydrogen-bond donors (Lipinski definition) is 2. The number of nitrogens with zero attached hydrogens (tertiary/aromatic N) is 1. The predicted octanol–water partition coefficient (Wildman–Crippen LogP) is 4.78. The molecule has 0 saturated carbocycles. The van der Waals surface area contributed by atoms with E-state index in [4.69, 9.17) is 9.15 Å². The van der Waals surface area contributed by atoms with E-state index >= 15 is 0 Å². The number of thiazole rings is 1. The lowest BCUT2D eigenvalue weighted by Gasteiger charge is -2.11. The van der Waals surface area contributed by atoms with Crippen molar-refractivity contribution in [1.82, 2.24) is 4.98 Å². The molecule has 0 unspecified atom stereocenters. The number of aromatic nitrogens is 1. The summed E-state index contributed by atoms with van der Waals surface area (Å²) >= 11 is 1.50. The Morgan fingerprint density at radius 1 is 1.07 bits per heavy atom. The fourth-order valence-corrected chi connectivity index (χ4v) is 3.75. The minimum atomic E-state index is -0.435. The van der Waals surface area contributed by atoms with Crippen LogP contribution < -0.4 is 15.4 Å². The fourth-order valence-electron chi connectivity index (χ4n) is 2.82. The maximum Gasteiger partial charge on any atom is 0.291 e. The molecule has 2 N–H and O–H groups in total. The smallest absolute Gasteiger partial charge is 0.291 e. The van der Waals surface area contributed by atoms with Crippen molar-refractivity contribution in [2.24, 2.45) is 0 Å². The number of anilines is 2. The third-order valence-corrected chi connectivity index (χ3v) is 5.15. The molecule has 0 aliphatic heterocycles. The quantitative estimate of drug-likeness (QED) is 0.497. The van der Waals surface area contributed by atoms with Crippen molar-refractivity contribution in [2.75, 3.05) is 17.7 Å². The van der Waals surface area contributed by atoms with Crippen LogP contribution in [0.15, 0.2) is 59.0 Å². The summed E-state index contributed by atoms with van der Waals surface area (Å²) in [6.45, 7) is 1.41. The third kappa shape index (κ3) is 3.97. The van der Waals surface area contributed by atoms with Crippen LogP contribution in [0, 0.1) is 0 Å². The van der Waals surface area contributed by atoms with Crippen molar-refractivity contribution in [3.63, 3.8) is 0 Å². The van der Waals surface area contributed by atoms with Crippen LogP contribution in [-0.4, -0.2) is 23.9 Å². The van der Waals surface area contributed by atoms with Gasteiger partial charge in [-0.25, -0.2) is 4.98 Å². The van der Waals surface area contributed by atoms with E-state index < -0.39 is 5.91 Å². The van der Waals surface area contributed by atoms with Crippen LogP contribution >= 0.6 is 11.3 Å². The van der Waals surface area contributed by atoms with Gasteiger partial charge in [0.15, 0.2) is 16.5 Å². The molecule has 0 atom stereocenters. The summed E-state index contributed by atoms with van der Waals surface area (Å²) < 4.78 is 12.1. The summed E-state index contributed by atoms with van der Waals surface area (Å²) in [6.07, 6.45) is 0. The second-order valence-electron chi connectivity index (χ2n) is 6.20. The molecule has 0 saturated heterocycles. The van der Waals surface area contributed by atoms with Gasteiger partial charge in [-0.3, -0.25) is 9.59 Å². The van der Waals surface area contributed by atoms with Crippen molar-refractivity contribution in [3.05, 3.63) is 60.4 Å². The number of para-hydroxylation sites is 1. The van der Waals surface area contributed by atoms with Gasteiger partial charge in [0.25, 0.3) is 5.91 Å². The number of carbonyl (C=O) groups is 2. The van der Waals surface area contributed by atoms with Crippen molar-refractivity contribution in [3.8, 4) is 16.5 Å². The van der Waals surface area contributed by atoms with Crippen LogP contribution in [0.3, 0.4) is 0 Å². The normalized spacial score (nSPS) is 10.7. The van der Waals surface area contributed by atoms with Crippen molar-refractivity contribution >= 4 is 44.7 Å². The fraction of sp³-hybridized carbons (Fsp3) is 0.0952. The molecule has 2 aromatic heterocycles. The molecule has 7 nitrogen and oxygen atoms in total. The molecule has 2 heterocycles. The number of furan rings is 1. The Labute approximate surface area is 170 Å². The van der Waals surface area contributed by atoms with Gasteiger partial charge in [0.2, 0.25) is 5.91 Å². The Bertz CT molecular complexity index is 1180. The van der Waals surface area contributed by atoms with Crippen LogP contribution in [0.1, 0.15) is 17.5 Å². The number of nitrogens with one attached hydrogen (secondary N) is 2. The SMILES string of the molecule is COc1ccc(NC(C)=O)cc1NC(=O)c1ccc(-c2nc3ccccc3s2)o1. The Kier molecular flexibility index (Phi) is 5.01. The maximum absolute atomic E-state index is 12.7. The minimum absolute atomic E-state index is 0.145. The Morgan fingerprint density at radius 3 is 2.66 bits per heavy atom. The van der Waals surface area contributed by atoms with E-state index in [1.807, 2.05) is 24.3 Å². The highest BCUT2D eigenvalue weighted by Crippen LogP contribution is 2.32. The van der Waals surface area contributed by atoms with Crippen molar-refractivity contribution in [1.29, 1.82) is 0 Å². The second kappa shape index (κ2) is 7.76. The monoisotopic (exact) mass is 407 g/mol. The Balaban J connectivity index is 1.57. The summed E-state index contributed by atoms with van der Waals surface area (Å²) in [5.74, 6) is 0.488. The van der Waals surface area contributed by atoms with Crippen LogP contribution in [-0.2, 0) is 4.79 Å². The first kappa shape index (κ1) is 18.7. The lowest BCUT2D eigenvalue weighted by atomic mass is 10.2. The van der Waals surface area contributed by atoms with E-state index in [1.165, 1.54) is 25.4 Å². The van der Waals surface area contributed by atoms with E-state index in [2.05, 4.69) is 15.6 Å². The molecule has 0 aliphatic rings. The summed E-state index contributed by atoms with van der Waals surface area (Å²) in [6, 6.07) is 16.1. The largest absolute Gasteiger partial charge is 0.495 e. The molecule has 0 radical (unpaired) electrons. The standard InChI is InChI=1S/C21H17N3O4S/c1-12(25)22-13-7-8-16(27-2)15(11-13)23-20(26)17-9-10-18(28-17)21-24-14-5-3-4-6-19(14)29-21/h3-11H,1-2H3,(H,22,25)(H,23,26). The number of amides is 2. The van der Waals surface area contributed by atoms with Gasteiger partial charge < -0.3 is 19.8 Å². The van der Waals surface area contributed by atoms with Crippen LogP contribution in [0.2, 0.25) is 0 Å².